The molecule has 4 nitrogen and oxygen atoms in total. The minimum Gasteiger partial charge on any atom is -0.497 e. The number of nitrogens with two attached hydrogens (primary N) is 1. The summed E-state index contributed by atoms with van der Waals surface area (Å²) in [6, 6.07) is 12.0. The number of furan rings is 1. The van der Waals surface area contributed by atoms with Gasteiger partial charge in [-0.15, -0.1) is 0 Å². The number of benzene rings is 1. The van der Waals surface area contributed by atoms with E-state index in [-0.39, 0.29) is 6.04 Å². The maximum absolute atomic E-state index is 5.58. The SMILES string of the molecule is COc1ccc(CC(Cc2ccco2)NN)cc1. The maximum atomic E-state index is 5.58. The first-order valence-corrected chi connectivity index (χ1v) is 5.93. The Morgan fingerprint density at radius 2 is 2.00 bits per heavy atom. The molecule has 96 valence electrons. The lowest BCUT2D eigenvalue weighted by Crippen LogP contribution is -2.38. The van der Waals surface area contributed by atoms with Crippen molar-refractivity contribution in [3.8, 4) is 5.75 Å². The summed E-state index contributed by atoms with van der Waals surface area (Å²) in [5, 5.41) is 0. The van der Waals surface area contributed by atoms with E-state index in [0.29, 0.717) is 0 Å². The van der Waals surface area contributed by atoms with E-state index in [2.05, 4.69) is 5.43 Å². The molecule has 4 heteroatoms. The third-order valence-electron chi connectivity index (χ3n) is 2.90. The number of methoxy groups -OCH3 is 1. The molecule has 0 spiro atoms. The smallest absolute Gasteiger partial charge is 0.118 e. The summed E-state index contributed by atoms with van der Waals surface area (Å²) in [6.07, 6.45) is 3.30. The van der Waals surface area contributed by atoms with Crippen LogP contribution in [-0.4, -0.2) is 13.2 Å². The standard InChI is InChI=1S/C14H18N2O2/c1-17-13-6-4-11(5-7-13)9-12(16-15)10-14-3-2-8-18-14/h2-8,12,16H,9-10,15H2,1H3. The van der Waals surface area contributed by atoms with Gasteiger partial charge >= 0.3 is 0 Å². The van der Waals surface area contributed by atoms with Gasteiger partial charge in [-0.05, 0) is 36.2 Å². The van der Waals surface area contributed by atoms with Crippen molar-refractivity contribution in [3.63, 3.8) is 0 Å². The van der Waals surface area contributed by atoms with Crippen LogP contribution in [0.1, 0.15) is 11.3 Å². The molecule has 1 aromatic carbocycles. The fraction of sp³-hybridized carbons (Fsp3) is 0.286. The number of hydrogen-bond donors (Lipinski definition) is 2. The molecule has 1 unspecified atom stereocenters. The first-order chi connectivity index (χ1) is 8.81. The molecule has 0 aliphatic rings. The second-order valence-corrected chi connectivity index (χ2v) is 4.20. The van der Waals surface area contributed by atoms with Crippen molar-refractivity contribution >= 4 is 0 Å². The van der Waals surface area contributed by atoms with Gasteiger partial charge in [-0.1, -0.05) is 12.1 Å². The van der Waals surface area contributed by atoms with Crippen LogP contribution in [0.5, 0.6) is 5.75 Å². The molecule has 18 heavy (non-hydrogen) atoms. The molecule has 0 bridgehead atoms. The van der Waals surface area contributed by atoms with Crippen LogP contribution in [0.2, 0.25) is 0 Å². The Bertz CT molecular complexity index is 451. The topological polar surface area (TPSA) is 60.4 Å². The Hall–Kier alpha value is -1.78. The highest BCUT2D eigenvalue weighted by Crippen LogP contribution is 2.14. The molecule has 0 aliphatic carbocycles. The Kier molecular flexibility index (Phi) is 4.39. The van der Waals surface area contributed by atoms with Gasteiger partial charge in [-0.2, -0.15) is 0 Å². The monoisotopic (exact) mass is 246 g/mol. The molecule has 0 fully saturated rings. The first kappa shape index (κ1) is 12.7. The molecule has 0 saturated carbocycles. The highest BCUT2D eigenvalue weighted by atomic mass is 16.5. The van der Waals surface area contributed by atoms with Crippen molar-refractivity contribution < 1.29 is 9.15 Å². The van der Waals surface area contributed by atoms with Crippen LogP contribution in [0.25, 0.3) is 0 Å². The largest absolute Gasteiger partial charge is 0.497 e. The summed E-state index contributed by atoms with van der Waals surface area (Å²) >= 11 is 0. The average molecular weight is 246 g/mol. The second-order valence-electron chi connectivity index (χ2n) is 4.20. The Labute approximate surface area is 107 Å². The van der Waals surface area contributed by atoms with Crippen molar-refractivity contribution in [1.82, 2.24) is 5.43 Å². The normalized spacial score (nSPS) is 12.3. The third kappa shape index (κ3) is 3.35. The number of nitrogens with one attached hydrogen (secondary N) is 1. The lowest BCUT2D eigenvalue weighted by molar-refractivity contribution is 0.414. The van der Waals surface area contributed by atoms with Gasteiger partial charge in [0.15, 0.2) is 0 Å². The average Bonchev–Trinajstić information content (AvgIpc) is 2.91. The van der Waals surface area contributed by atoms with Crippen molar-refractivity contribution in [1.29, 1.82) is 0 Å². The van der Waals surface area contributed by atoms with Crippen molar-refractivity contribution in [2.75, 3.05) is 7.11 Å². The van der Waals surface area contributed by atoms with Crippen LogP contribution >= 0.6 is 0 Å². The van der Waals surface area contributed by atoms with E-state index in [4.69, 9.17) is 15.0 Å². The molecule has 2 rings (SSSR count). The van der Waals surface area contributed by atoms with Crippen molar-refractivity contribution in [2.24, 2.45) is 5.84 Å². The van der Waals surface area contributed by atoms with E-state index < -0.39 is 0 Å². The van der Waals surface area contributed by atoms with Gasteiger partial charge in [0, 0.05) is 12.5 Å². The van der Waals surface area contributed by atoms with E-state index in [0.717, 1.165) is 24.4 Å². The van der Waals surface area contributed by atoms with Crippen LogP contribution in [0, 0.1) is 0 Å². The van der Waals surface area contributed by atoms with Crippen molar-refractivity contribution in [3.05, 3.63) is 54.0 Å². The molecular formula is C14H18N2O2. The Morgan fingerprint density at radius 1 is 1.22 bits per heavy atom. The first-order valence-electron chi connectivity index (χ1n) is 5.93. The van der Waals surface area contributed by atoms with Gasteiger partial charge < -0.3 is 9.15 Å². The van der Waals surface area contributed by atoms with Crippen LogP contribution in [0.4, 0.5) is 0 Å². The van der Waals surface area contributed by atoms with E-state index in [1.54, 1.807) is 13.4 Å². The molecule has 1 heterocycles. The summed E-state index contributed by atoms with van der Waals surface area (Å²) in [5.74, 6) is 7.38. The lowest BCUT2D eigenvalue weighted by Gasteiger charge is -2.14. The number of hydrazine groups is 1. The summed E-state index contributed by atoms with van der Waals surface area (Å²) in [4.78, 5) is 0. The highest BCUT2D eigenvalue weighted by Gasteiger charge is 2.10. The third-order valence-corrected chi connectivity index (χ3v) is 2.90. The zero-order chi connectivity index (χ0) is 12.8. The fourth-order valence-electron chi connectivity index (χ4n) is 1.91. The summed E-state index contributed by atoms with van der Waals surface area (Å²) < 4.78 is 10.5. The Balaban J connectivity index is 1.96. The van der Waals surface area contributed by atoms with Crippen LogP contribution in [0.15, 0.2) is 47.1 Å². The molecule has 0 amide bonds. The van der Waals surface area contributed by atoms with Crippen LogP contribution < -0.4 is 16.0 Å². The number of rotatable bonds is 6. The maximum Gasteiger partial charge on any atom is 0.118 e. The zero-order valence-electron chi connectivity index (χ0n) is 10.4. The highest BCUT2D eigenvalue weighted by molar-refractivity contribution is 5.27. The Morgan fingerprint density at radius 3 is 2.56 bits per heavy atom. The predicted molar refractivity (Wildman–Crippen MR) is 70.2 cm³/mol. The molecule has 0 aliphatic heterocycles. The van der Waals surface area contributed by atoms with Crippen LogP contribution in [-0.2, 0) is 12.8 Å². The van der Waals surface area contributed by atoms with Crippen molar-refractivity contribution in [2.45, 2.75) is 18.9 Å². The van der Waals surface area contributed by atoms with Gasteiger partial charge in [0.25, 0.3) is 0 Å². The minimum absolute atomic E-state index is 0.157. The predicted octanol–water partition coefficient (Wildman–Crippen LogP) is 1.91. The molecule has 0 radical (unpaired) electrons. The van der Waals surface area contributed by atoms with Gasteiger partial charge in [0.05, 0.1) is 13.4 Å². The van der Waals surface area contributed by atoms with Gasteiger partial charge in [-0.25, -0.2) is 0 Å². The van der Waals surface area contributed by atoms with Crippen LogP contribution in [0.3, 0.4) is 0 Å². The van der Waals surface area contributed by atoms with E-state index in [1.165, 1.54) is 5.56 Å². The molecular weight excluding hydrogens is 228 g/mol. The van der Waals surface area contributed by atoms with Gasteiger partial charge in [0.2, 0.25) is 0 Å². The number of ether oxygens (including phenoxy) is 1. The van der Waals surface area contributed by atoms with Gasteiger partial charge in [0.1, 0.15) is 11.5 Å². The van der Waals surface area contributed by atoms with E-state index >= 15 is 0 Å². The molecule has 0 saturated heterocycles. The summed E-state index contributed by atoms with van der Waals surface area (Å²) in [6.45, 7) is 0. The zero-order valence-corrected chi connectivity index (χ0v) is 10.4. The quantitative estimate of drug-likeness (QED) is 0.603. The fourth-order valence-corrected chi connectivity index (χ4v) is 1.91. The lowest BCUT2D eigenvalue weighted by atomic mass is 10.0. The molecule has 1 aromatic heterocycles. The van der Waals surface area contributed by atoms with E-state index in [1.807, 2.05) is 36.4 Å². The van der Waals surface area contributed by atoms with E-state index in [9.17, 15) is 0 Å². The minimum atomic E-state index is 0.157. The summed E-state index contributed by atoms with van der Waals surface area (Å²) in [7, 11) is 1.66. The summed E-state index contributed by atoms with van der Waals surface area (Å²) in [5.41, 5.74) is 4.04. The molecule has 2 aromatic rings. The second kappa shape index (κ2) is 6.23. The van der Waals surface area contributed by atoms with Gasteiger partial charge in [-0.3, -0.25) is 11.3 Å². The molecule has 1 atom stereocenters. The molecule has 3 N–H and O–H groups in total. The number of hydrogen-bond acceptors (Lipinski definition) is 4.